The Morgan fingerprint density at radius 1 is 1.29 bits per heavy atom. The second kappa shape index (κ2) is 7.48. The van der Waals surface area contributed by atoms with Gasteiger partial charge in [0.25, 0.3) is 5.91 Å². The summed E-state index contributed by atoms with van der Waals surface area (Å²) in [5, 5.41) is 3.33. The van der Waals surface area contributed by atoms with Crippen molar-refractivity contribution in [1.82, 2.24) is 4.90 Å². The van der Waals surface area contributed by atoms with E-state index >= 15 is 0 Å². The lowest BCUT2D eigenvalue weighted by molar-refractivity contribution is 0.0761. The zero-order valence-electron chi connectivity index (χ0n) is 13.6. The van der Waals surface area contributed by atoms with Gasteiger partial charge in [0.1, 0.15) is 0 Å². The van der Waals surface area contributed by atoms with E-state index in [1.165, 1.54) is 18.4 Å². The first kappa shape index (κ1) is 15.9. The van der Waals surface area contributed by atoms with Crippen molar-refractivity contribution in [3.63, 3.8) is 0 Å². The van der Waals surface area contributed by atoms with Crippen LogP contribution in [-0.2, 0) is 0 Å². The fourth-order valence-electron chi connectivity index (χ4n) is 3.13. The number of amides is 1. The number of likely N-dealkylation sites (tertiary alicyclic amines) is 1. The van der Waals surface area contributed by atoms with E-state index in [0.29, 0.717) is 0 Å². The van der Waals surface area contributed by atoms with Crippen LogP contribution in [0, 0.1) is 12.8 Å². The highest BCUT2D eigenvalue weighted by atomic mass is 16.2. The predicted octanol–water partition coefficient (Wildman–Crippen LogP) is 4.08. The number of nitrogens with one attached hydrogen (secondary N) is 1. The quantitative estimate of drug-likeness (QED) is 0.905. The highest BCUT2D eigenvalue weighted by Gasteiger charge is 2.22. The van der Waals surface area contributed by atoms with Crippen LogP contribution in [0.3, 0.4) is 0 Å². The number of hydrogen-bond donors (Lipinski definition) is 1. The summed E-state index contributed by atoms with van der Waals surface area (Å²) in [5.74, 6) is 0.969. The van der Waals surface area contributed by atoms with E-state index in [9.17, 15) is 4.79 Å². The number of rotatable bonds is 4. The maximum absolute atomic E-state index is 12.8. The molecule has 1 heterocycles. The Balaban J connectivity index is 2.15. The standard InChI is InChI=1S/C18H28N2O/c1-4-15-7-6-11-20(12-10-15)18(21)16-9-8-14(3)13-17(16)19-5-2/h8-9,13,15,19H,4-7,10-12H2,1-3H3. The topological polar surface area (TPSA) is 32.3 Å². The minimum Gasteiger partial charge on any atom is -0.385 e. The molecule has 1 unspecified atom stereocenters. The van der Waals surface area contributed by atoms with Gasteiger partial charge in [-0.05, 0) is 56.7 Å². The fraction of sp³-hybridized carbons (Fsp3) is 0.611. The smallest absolute Gasteiger partial charge is 0.255 e. The van der Waals surface area contributed by atoms with Gasteiger partial charge in [0, 0.05) is 25.3 Å². The van der Waals surface area contributed by atoms with E-state index in [-0.39, 0.29) is 5.91 Å². The zero-order chi connectivity index (χ0) is 15.2. The van der Waals surface area contributed by atoms with Gasteiger partial charge < -0.3 is 10.2 Å². The molecule has 1 atom stereocenters. The van der Waals surface area contributed by atoms with Crippen LogP contribution in [-0.4, -0.2) is 30.4 Å². The average Bonchev–Trinajstić information content (AvgIpc) is 2.72. The van der Waals surface area contributed by atoms with Crippen LogP contribution >= 0.6 is 0 Å². The minimum absolute atomic E-state index is 0.183. The van der Waals surface area contributed by atoms with Gasteiger partial charge in [-0.2, -0.15) is 0 Å². The Morgan fingerprint density at radius 3 is 2.81 bits per heavy atom. The van der Waals surface area contributed by atoms with E-state index in [1.807, 2.05) is 17.0 Å². The summed E-state index contributed by atoms with van der Waals surface area (Å²) in [7, 11) is 0. The molecule has 1 aromatic carbocycles. The summed E-state index contributed by atoms with van der Waals surface area (Å²) in [6.07, 6.45) is 4.76. The normalized spacial score (nSPS) is 19.2. The van der Waals surface area contributed by atoms with Gasteiger partial charge in [-0.3, -0.25) is 4.79 Å². The van der Waals surface area contributed by atoms with Crippen LogP contribution in [0.15, 0.2) is 18.2 Å². The summed E-state index contributed by atoms with van der Waals surface area (Å²) in [4.78, 5) is 14.9. The highest BCUT2D eigenvalue weighted by Crippen LogP contribution is 2.24. The van der Waals surface area contributed by atoms with Crippen LogP contribution in [0.2, 0.25) is 0 Å². The molecule has 1 aliphatic heterocycles. The second-order valence-electron chi connectivity index (χ2n) is 6.08. The van der Waals surface area contributed by atoms with Crippen molar-refractivity contribution >= 4 is 11.6 Å². The summed E-state index contributed by atoms with van der Waals surface area (Å²) in [6.45, 7) is 9.01. The average molecular weight is 288 g/mol. The van der Waals surface area contributed by atoms with Gasteiger partial charge in [-0.15, -0.1) is 0 Å². The van der Waals surface area contributed by atoms with E-state index in [1.54, 1.807) is 0 Å². The zero-order valence-corrected chi connectivity index (χ0v) is 13.6. The van der Waals surface area contributed by atoms with Crippen LogP contribution in [0.25, 0.3) is 0 Å². The van der Waals surface area contributed by atoms with Crippen molar-refractivity contribution < 1.29 is 4.79 Å². The van der Waals surface area contributed by atoms with Gasteiger partial charge in [-0.25, -0.2) is 0 Å². The number of hydrogen-bond acceptors (Lipinski definition) is 2. The molecule has 1 aromatic rings. The highest BCUT2D eigenvalue weighted by molar-refractivity contribution is 5.99. The minimum atomic E-state index is 0.183. The maximum atomic E-state index is 12.8. The molecule has 116 valence electrons. The molecule has 1 aliphatic rings. The lowest BCUT2D eigenvalue weighted by Gasteiger charge is -2.22. The molecule has 1 N–H and O–H groups in total. The molecule has 0 saturated carbocycles. The first-order valence-electron chi connectivity index (χ1n) is 8.29. The van der Waals surface area contributed by atoms with Crippen LogP contribution < -0.4 is 5.32 Å². The largest absolute Gasteiger partial charge is 0.385 e. The number of carbonyl (C=O) groups excluding carboxylic acids is 1. The van der Waals surface area contributed by atoms with Gasteiger partial charge in [0.05, 0.1) is 5.56 Å². The fourth-order valence-corrected chi connectivity index (χ4v) is 3.13. The molecule has 0 bridgehead atoms. The summed E-state index contributed by atoms with van der Waals surface area (Å²) in [6, 6.07) is 6.07. The Kier molecular flexibility index (Phi) is 5.66. The number of anilines is 1. The number of nitrogens with zero attached hydrogens (tertiary/aromatic N) is 1. The number of benzene rings is 1. The van der Waals surface area contributed by atoms with Gasteiger partial charge >= 0.3 is 0 Å². The van der Waals surface area contributed by atoms with Gasteiger partial charge in [-0.1, -0.05) is 19.4 Å². The summed E-state index contributed by atoms with van der Waals surface area (Å²) < 4.78 is 0. The second-order valence-corrected chi connectivity index (χ2v) is 6.08. The van der Waals surface area contributed by atoms with Crippen molar-refractivity contribution in [2.75, 3.05) is 25.0 Å². The molecule has 0 aromatic heterocycles. The molecule has 3 heteroatoms. The van der Waals surface area contributed by atoms with Crippen molar-refractivity contribution in [3.05, 3.63) is 29.3 Å². The van der Waals surface area contributed by atoms with E-state index in [0.717, 1.165) is 49.6 Å². The number of aryl methyl sites for hydroxylation is 1. The molecule has 1 fully saturated rings. The third-order valence-corrected chi connectivity index (χ3v) is 4.48. The molecule has 1 amide bonds. The maximum Gasteiger partial charge on any atom is 0.255 e. The lowest BCUT2D eigenvalue weighted by atomic mass is 9.98. The van der Waals surface area contributed by atoms with Crippen molar-refractivity contribution in [3.8, 4) is 0 Å². The predicted molar refractivity (Wildman–Crippen MR) is 88.9 cm³/mol. The van der Waals surface area contributed by atoms with E-state index in [4.69, 9.17) is 0 Å². The molecule has 0 spiro atoms. The molecule has 2 rings (SSSR count). The van der Waals surface area contributed by atoms with Crippen LogP contribution in [0.5, 0.6) is 0 Å². The first-order valence-corrected chi connectivity index (χ1v) is 8.29. The number of carbonyl (C=O) groups is 1. The Morgan fingerprint density at radius 2 is 2.10 bits per heavy atom. The molecule has 3 nitrogen and oxygen atoms in total. The Hall–Kier alpha value is -1.51. The molecular formula is C18H28N2O. The van der Waals surface area contributed by atoms with Crippen molar-refractivity contribution in [2.24, 2.45) is 5.92 Å². The van der Waals surface area contributed by atoms with Crippen LogP contribution in [0.4, 0.5) is 5.69 Å². The van der Waals surface area contributed by atoms with Gasteiger partial charge in [0.2, 0.25) is 0 Å². The molecule has 0 aliphatic carbocycles. The van der Waals surface area contributed by atoms with Crippen molar-refractivity contribution in [1.29, 1.82) is 0 Å². The molecular weight excluding hydrogens is 260 g/mol. The van der Waals surface area contributed by atoms with Gasteiger partial charge in [0.15, 0.2) is 0 Å². The third-order valence-electron chi connectivity index (χ3n) is 4.48. The third kappa shape index (κ3) is 3.99. The monoisotopic (exact) mass is 288 g/mol. The summed E-state index contributed by atoms with van der Waals surface area (Å²) >= 11 is 0. The lowest BCUT2D eigenvalue weighted by Crippen LogP contribution is -2.32. The SMILES string of the molecule is CCNc1cc(C)ccc1C(=O)N1CCCC(CC)CC1. The van der Waals surface area contributed by atoms with Crippen LogP contribution in [0.1, 0.15) is 55.5 Å². The Bertz CT molecular complexity index is 484. The Labute approximate surface area is 128 Å². The molecule has 21 heavy (non-hydrogen) atoms. The van der Waals surface area contributed by atoms with Crippen molar-refractivity contribution in [2.45, 2.75) is 46.5 Å². The van der Waals surface area contributed by atoms with E-state index in [2.05, 4.69) is 32.2 Å². The summed E-state index contributed by atoms with van der Waals surface area (Å²) in [5.41, 5.74) is 2.97. The van der Waals surface area contributed by atoms with E-state index < -0.39 is 0 Å². The molecule has 1 saturated heterocycles. The molecule has 0 radical (unpaired) electrons. The first-order chi connectivity index (χ1) is 10.2.